The van der Waals surface area contributed by atoms with Gasteiger partial charge in [-0.3, -0.25) is 4.79 Å². The zero-order valence-electron chi connectivity index (χ0n) is 14.2. The Morgan fingerprint density at radius 3 is 2.75 bits per heavy atom. The van der Waals surface area contributed by atoms with Gasteiger partial charge < -0.3 is 9.67 Å². The van der Waals surface area contributed by atoms with Crippen molar-refractivity contribution in [3.63, 3.8) is 0 Å². The molecule has 2 aromatic heterocycles. The highest BCUT2D eigenvalue weighted by Crippen LogP contribution is 2.15. The molecule has 0 amide bonds. The summed E-state index contributed by atoms with van der Waals surface area (Å²) < 4.78 is 3.82. The summed E-state index contributed by atoms with van der Waals surface area (Å²) in [6.07, 6.45) is 0.218. The summed E-state index contributed by atoms with van der Waals surface area (Å²) in [6.45, 7) is 6.62. The summed E-state index contributed by atoms with van der Waals surface area (Å²) in [4.78, 5) is 16.7. The molecule has 0 aliphatic heterocycles. The van der Waals surface area contributed by atoms with Gasteiger partial charge in [-0.15, -0.1) is 0 Å². The topological polar surface area (TPSA) is 72.9 Å². The van der Waals surface area contributed by atoms with E-state index in [1.165, 1.54) is 0 Å². The number of aryl methyl sites for hydroxylation is 2. The van der Waals surface area contributed by atoms with Gasteiger partial charge in [0.2, 0.25) is 0 Å². The molecule has 0 radical (unpaired) electrons. The normalized spacial score (nSPS) is 12.7. The highest BCUT2D eigenvalue weighted by molar-refractivity contribution is 5.79. The maximum atomic E-state index is 12.2. The Morgan fingerprint density at radius 1 is 1.25 bits per heavy atom. The summed E-state index contributed by atoms with van der Waals surface area (Å²) >= 11 is 0. The fourth-order valence-corrected chi connectivity index (χ4v) is 2.90. The van der Waals surface area contributed by atoms with Gasteiger partial charge in [-0.2, -0.15) is 5.10 Å². The second-order valence-electron chi connectivity index (χ2n) is 6.07. The Morgan fingerprint density at radius 2 is 2.00 bits per heavy atom. The number of rotatable bonds is 5. The Bertz CT molecular complexity index is 926. The molecule has 0 spiro atoms. The van der Waals surface area contributed by atoms with E-state index >= 15 is 0 Å². The third kappa shape index (κ3) is 3.10. The first-order valence-corrected chi connectivity index (χ1v) is 8.17. The van der Waals surface area contributed by atoms with Crippen LogP contribution in [0.25, 0.3) is 10.9 Å². The molecule has 6 nitrogen and oxygen atoms in total. The predicted octanol–water partition coefficient (Wildman–Crippen LogP) is 2.03. The molecule has 2 heterocycles. The SMILES string of the molecule is CC[C@H](O)Cn1nc(C)nc1Cn1c(C)cc(=O)c2ccccc21. The van der Waals surface area contributed by atoms with E-state index < -0.39 is 6.10 Å². The molecule has 126 valence electrons. The van der Waals surface area contributed by atoms with Crippen molar-refractivity contribution in [1.82, 2.24) is 19.3 Å². The second-order valence-corrected chi connectivity index (χ2v) is 6.07. The number of aliphatic hydroxyl groups is 1. The zero-order valence-corrected chi connectivity index (χ0v) is 14.2. The lowest BCUT2D eigenvalue weighted by Crippen LogP contribution is -2.20. The van der Waals surface area contributed by atoms with Crippen LogP contribution in [-0.4, -0.2) is 30.5 Å². The average Bonchev–Trinajstić information content (AvgIpc) is 2.90. The van der Waals surface area contributed by atoms with E-state index in [1.807, 2.05) is 45.0 Å². The Hall–Kier alpha value is -2.47. The molecule has 0 fully saturated rings. The number of aromatic nitrogens is 4. The van der Waals surface area contributed by atoms with E-state index in [4.69, 9.17) is 0 Å². The molecule has 3 aromatic rings. The monoisotopic (exact) mass is 326 g/mol. The largest absolute Gasteiger partial charge is 0.391 e. The van der Waals surface area contributed by atoms with Gasteiger partial charge in [-0.05, 0) is 32.4 Å². The first-order chi connectivity index (χ1) is 11.5. The quantitative estimate of drug-likeness (QED) is 0.778. The van der Waals surface area contributed by atoms with Crippen LogP contribution < -0.4 is 5.43 Å². The van der Waals surface area contributed by atoms with Crippen molar-refractivity contribution in [1.29, 1.82) is 0 Å². The number of aliphatic hydroxyl groups excluding tert-OH is 1. The van der Waals surface area contributed by atoms with Gasteiger partial charge in [-0.25, -0.2) is 9.67 Å². The van der Waals surface area contributed by atoms with E-state index in [9.17, 15) is 9.90 Å². The molecule has 24 heavy (non-hydrogen) atoms. The highest BCUT2D eigenvalue weighted by Gasteiger charge is 2.14. The van der Waals surface area contributed by atoms with Crippen molar-refractivity contribution >= 4 is 10.9 Å². The zero-order chi connectivity index (χ0) is 17.3. The number of hydrogen-bond acceptors (Lipinski definition) is 4. The number of nitrogens with zero attached hydrogens (tertiary/aromatic N) is 4. The molecule has 1 aromatic carbocycles. The van der Waals surface area contributed by atoms with Crippen LogP contribution in [0.1, 0.15) is 30.7 Å². The molecule has 3 rings (SSSR count). The Kier molecular flexibility index (Phi) is 4.49. The lowest BCUT2D eigenvalue weighted by molar-refractivity contribution is 0.143. The predicted molar refractivity (Wildman–Crippen MR) is 93.1 cm³/mol. The van der Waals surface area contributed by atoms with Crippen molar-refractivity contribution in [3.05, 3.63) is 57.9 Å². The molecule has 0 aliphatic carbocycles. The first kappa shape index (κ1) is 16.4. The van der Waals surface area contributed by atoms with Crippen LogP contribution in [0.2, 0.25) is 0 Å². The summed E-state index contributed by atoms with van der Waals surface area (Å²) in [7, 11) is 0. The van der Waals surface area contributed by atoms with Crippen molar-refractivity contribution in [2.75, 3.05) is 0 Å². The molecular weight excluding hydrogens is 304 g/mol. The molecule has 1 N–H and O–H groups in total. The Labute approximate surface area is 140 Å². The van der Waals surface area contributed by atoms with Crippen LogP contribution >= 0.6 is 0 Å². The summed E-state index contributed by atoms with van der Waals surface area (Å²) in [5, 5.41) is 15.0. The maximum absolute atomic E-state index is 12.2. The molecule has 0 saturated carbocycles. The minimum absolute atomic E-state index is 0.0263. The van der Waals surface area contributed by atoms with Crippen LogP contribution in [0.4, 0.5) is 0 Å². The number of fused-ring (bicyclic) bond motifs is 1. The summed E-state index contributed by atoms with van der Waals surface area (Å²) in [5.74, 6) is 1.45. The molecular formula is C18H22N4O2. The van der Waals surface area contributed by atoms with Gasteiger partial charge in [0.15, 0.2) is 5.43 Å². The smallest absolute Gasteiger partial charge is 0.189 e. The molecule has 0 saturated heterocycles. The van der Waals surface area contributed by atoms with Gasteiger partial charge in [0, 0.05) is 17.1 Å². The number of hydrogen-bond donors (Lipinski definition) is 1. The minimum Gasteiger partial charge on any atom is -0.391 e. The lowest BCUT2D eigenvalue weighted by Gasteiger charge is -2.15. The average molecular weight is 326 g/mol. The fraction of sp³-hybridized carbons (Fsp3) is 0.389. The lowest BCUT2D eigenvalue weighted by atomic mass is 10.2. The van der Waals surface area contributed by atoms with Crippen LogP contribution in [0.3, 0.4) is 0 Å². The van der Waals surface area contributed by atoms with Crippen molar-refractivity contribution < 1.29 is 5.11 Å². The van der Waals surface area contributed by atoms with E-state index in [0.29, 0.717) is 30.7 Å². The van der Waals surface area contributed by atoms with Crippen molar-refractivity contribution in [2.24, 2.45) is 0 Å². The number of pyridine rings is 1. The fourth-order valence-electron chi connectivity index (χ4n) is 2.90. The van der Waals surface area contributed by atoms with Crippen LogP contribution in [0.15, 0.2) is 35.1 Å². The van der Waals surface area contributed by atoms with Crippen molar-refractivity contribution in [3.8, 4) is 0 Å². The minimum atomic E-state index is -0.447. The highest BCUT2D eigenvalue weighted by atomic mass is 16.3. The van der Waals surface area contributed by atoms with Crippen molar-refractivity contribution in [2.45, 2.75) is 46.4 Å². The van der Waals surface area contributed by atoms with Crippen LogP contribution in [0.5, 0.6) is 0 Å². The maximum Gasteiger partial charge on any atom is 0.189 e. The van der Waals surface area contributed by atoms with Gasteiger partial charge in [0.25, 0.3) is 0 Å². The molecule has 1 atom stereocenters. The summed E-state index contributed by atoms with van der Waals surface area (Å²) in [5.41, 5.74) is 1.78. The van der Waals surface area contributed by atoms with E-state index in [0.717, 1.165) is 17.0 Å². The standard InChI is InChI=1S/C18H22N4O2/c1-4-14(23)10-22-18(19-13(3)20-22)11-21-12(2)9-17(24)15-7-5-6-8-16(15)21/h5-9,14,23H,4,10-11H2,1-3H3/t14-/m0/s1. The van der Waals surface area contributed by atoms with E-state index in [-0.39, 0.29) is 5.43 Å². The third-order valence-electron chi connectivity index (χ3n) is 4.23. The molecule has 6 heteroatoms. The second kappa shape index (κ2) is 6.57. The van der Waals surface area contributed by atoms with Gasteiger partial charge in [0.05, 0.1) is 24.7 Å². The molecule has 0 bridgehead atoms. The first-order valence-electron chi connectivity index (χ1n) is 8.17. The molecule has 0 unspecified atom stereocenters. The number of para-hydroxylation sites is 1. The third-order valence-corrected chi connectivity index (χ3v) is 4.23. The van der Waals surface area contributed by atoms with Crippen LogP contribution in [0, 0.1) is 13.8 Å². The van der Waals surface area contributed by atoms with Gasteiger partial charge in [-0.1, -0.05) is 19.1 Å². The van der Waals surface area contributed by atoms with E-state index in [2.05, 4.69) is 14.6 Å². The Balaban J connectivity index is 2.07. The van der Waals surface area contributed by atoms with Crippen LogP contribution in [-0.2, 0) is 13.1 Å². The van der Waals surface area contributed by atoms with Gasteiger partial charge >= 0.3 is 0 Å². The van der Waals surface area contributed by atoms with Gasteiger partial charge in [0.1, 0.15) is 11.6 Å². The molecule has 0 aliphatic rings. The summed E-state index contributed by atoms with van der Waals surface area (Å²) in [6, 6.07) is 9.22. The van der Waals surface area contributed by atoms with E-state index in [1.54, 1.807) is 10.7 Å². The number of benzene rings is 1.